The number of benzene rings is 1. The quantitative estimate of drug-likeness (QED) is 0.554. The first kappa shape index (κ1) is 11.5. The molecule has 0 radical (unpaired) electrons. The molecule has 0 aliphatic carbocycles. The van der Waals surface area contributed by atoms with Crippen molar-refractivity contribution in [2.24, 2.45) is 0 Å². The topological polar surface area (TPSA) is 81.6 Å². The fourth-order valence-corrected chi connectivity index (χ4v) is 1.15. The Morgan fingerprint density at radius 3 is 2.27 bits per heavy atom. The number of rotatable bonds is 3. The summed E-state index contributed by atoms with van der Waals surface area (Å²) in [4.78, 5) is 10.9. The zero-order chi connectivity index (χ0) is 11.5. The fraction of sp³-hybridized carbons (Fsp3) is 0.300. The molecule has 82 valence electrons. The molecule has 1 aromatic rings. The Balaban J connectivity index is 2.91. The number of nitrogens with one attached hydrogen (secondary N) is 2. The van der Waals surface area contributed by atoms with E-state index in [0.29, 0.717) is 11.4 Å². The van der Waals surface area contributed by atoms with E-state index in [-0.39, 0.29) is 5.91 Å². The second-order valence-corrected chi connectivity index (χ2v) is 3.37. The number of hydrogen-bond donors (Lipinski definition) is 4. The van der Waals surface area contributed by atoms with Crippen molar-refractivity contribution in [1.29, 1.82) is 0 Å². The third kappa shape index (κ3) is 3.97. The number of aliphatic hydroxyl groups is 2. The highest BCUT2D eigenvalue weighted by atomic mass is 16.5. The second kappa shape index (κ2) is 4.29. The van der Waals surface area contributed by atoms with Crippen molar-refractivity contribution < 1.29 is 15.0 Å². The highest BCUT2D eigenvalue weighted by Gasteiger charge is 2.16. The molecule has 0 fully saturated rings. The normalized spacial score (nSPS) is 10.9. The van der Waals surface area contributed by atoms with Crippen molar-refractivity contribution in [2.45, 2.75) is 19.8 Å². The summed E-state index contributed by atoms with van der Waals surface area (Å²) in [5.74, 6) is -2.24. The molecule has 4 N–H and O–H groups in total. The maximum absolute atomic E-state index is 10.9. The Labute approximate surface area is 87.7 Å². The van der Waals surface area contributed by atoms with Gasteiger partial charge in [0.2, 0.25) is 11.8 Å². The minimum absolute atomic E-state index is 0.221. The van der Waals surface area contributed by atoms with Gasteiger partial charge in [-0.05, 0) is 12.1 Å². The van der Waals surface area contributed by atoms with Crippen LogP contribution in [0.25, 0.3) is 0 Å². The third-order valence-corrected chi connectivity index (χ3v) is 1.61. The van der Waals surface area contributed by atoms with Crippen LogP contribution in [0.2, 0.25) is 0 Å². The molecule has 0 aliphatic rings. The molecule has 0 saturated heterocycles. The monoisotopic (exact) mass is 210 g/mol. The van der Waals surface area contributed by atoms with E-state index in [1.807, 2.05) is 0 Å². The summed E-state index contributed by atoms with van der Waals surface area (Å²) in [5, 5.41) is 23.3. The lowest BCUT2D eigenvalue weighted by molar-refractivity contribution is -0.119. The van der Waals surface area contributed by atoms with Crippen molar-refractivity contribution in [3.63, 3.8) is 0 Å². The van der Waals surface area contributed by atoms with Crippen LogP contribution in [0.4, 0.5) is 11.4 Å². The summed E-state index contributed by atoms with van der Waals surface area (Å²) < 4.78 is 0. The number of anilines is 2. The van der Waals surface area contributed by atoms with Crippen molar-refractivity contribution in [2.75, 3.05) is 10.6 Å². The Morgan fingerprint density at radius 1 is 1.27 bits per heavy atom. The second-order valence-electron chi connectivity index (χ2n) is 3.37. The molecule has 1 rings (SSSR count). The van der Waals surface area contributed by atoms with Gasteiger partial charge >= 0.3 is 0 Å². The summed E-state index contributed by atoms with van der Waals surface area (Å²) in [5.41, 5.74) is 0.944. The lowest BCUT2D eigenvalue weighted by Crippen LogP contribution is -2.33. The number of hydrogen-bond acceptors (Lipinski definition) is 4. The lowest BCUT2D eigenvalue weighted by Gasteiger charge is -2.21. The minimum Gasteiger partial charge on any atom is -0.349 e. The van der Waals surface area contributed by atoms with Gasteiger partial charge in [0.25, 0.3) is 0 Å². The van der Waals surface area contributed by atoms with Gasteiger partial charge < -0.3 is 20.8 Å². The molecule has 0 atom stereocenters. The Morgan fingerprint density at radius 2 is 1.80 bits per heavy atom. The molecule has 15 heavy (non-hydrogen) atoms. The summed E-state index contributed by atoms with van der Waals surface area (Å²) in [6.07, 6.45) is 0. The van der Waals surface area contributed by atoms with Gasteiger partial charge in [0.15, 0.2) is 0 Å². The Kier molecular flexibility index (Phi) is 3.28. The van der Waals surface area contributed by atoms with Crippen LogP contribution < -0.4 is 10.6 Å². The van der Waals surface area contributed by atoms with Crippen LogP contribution in [-0.4, -0.2) is 22.0 Å². The number of carbonyl (C=O) groups is 1. The van der Waals surface area contributed by atoms with Gasteiger partial charge in [0.05, 0.1) is 11.4 Å². The largest absolute Gasteiger partial charge is 0.349 e. The highest BCUT2D eigenvalue weighted by Crippen LogP contribution is 2.22. The number of carbonyl (C=O) groups excluding carboxylic acids is 1. The predicted octanol–water partition coefficient (Wildman–Crippen LogP) is 0.715. The van der Waals surface area contributed by atoms with Crippen LogP contribution in [0, 0.1) is 0 Å². The van der Waals surface area contributed by atoms with Crippen LogP contribution in [0.3, 0.4) is 0 Å². The van der Waals surface area contributed by atoms with E-state index in [9.17, 15) is 4.79 Å². The summed E-state index contributed by atoms with van der Waals surface area (Å²) in [6.45, 7) is 2.57. The van der Waals surface area contributed by atoms with E-state index in [1.165, 1.54) is 13.8 Å². The molecule has 0 aromatic heterocycles. The SMILES string of the molecule is CC(=O)Nc1ccccc1NC(C)(O)O. The van der Waals surface area contributed by atoms with Gasteiger partial charge in [0.1, 0.15) is 0 Å². The number of amides is 1. The van der Waals surface area contributed by atoms with Crippen LogP contribution in [0.15, 0.2) is 24.3 Å². The molecule has 0 bridgehead atoms. The maximum Gasteiger partial charge on any atom is 0.241 e. The molecule has 0 heterocycles. The summed E-state index contributed by atoms with van der Waals surface area (Å²) in [6, 6.07) is 6.76. The first-order chi connectivity index (χ1) is 6.88. The van der Waals surface area contributed by atoms with E-state index in [4.69, 9.17) is 10.2 Å². The molecule has 0 spiro atoms. The Bertz CT molecular complexity index is 358. The van der Waals surface area contributed by atoms with Crippen molar-refractivity contribution in [1.82, 2.24) is 0 Å². The molecule has 5 nitrogen and oxygen atoms in total. The minimum atomic E-state index is -2.02. The van der Waals surface area contributed by atoms with Crippen molar-refractivity contribution >= 4 is 17.3 Å². The molecule has 0 saturated carbocycles. The number of para-hydroxylation sites is 2. The molecule has 0 unspecified atom stereocenters. The maximum atomic E-state index is 10.9. The van der Waals surface area contributed by atoms with Gasteiger partial charge in [-0.2, -0.15) is 0 Å². The average molecular weight is 210 g/mol. The van der Waals surface area contributed by atoms with E-state index in [0.717, 1.165) is 0 Å². The molecule has 0 aliphatic heterocycles. The van der Waals surface area contributed by atoms with Crippen LogP contribution in [-0.2, 0) is 4.79 Å². The average Bonchev–Trinajstić information content (AvgIpc) is 2.05. The first-order valence-electron chi connectivity index (χ1n) is 4.48. The van der Waals surface area contributed by atoms with Gasteiger partial charge in [-0.1, -0.05) is 12.1 Å². The molecule has 1 aromatic carbocycles. The molecule has 5 heteroatoms. The van der Waals surface area contributed by atoms with Gasteiger partial charge in [0, 0.05) is 13.8 Å². The van der Waals surface area contributed by atoms with E-state index >= 15 is 0 Å². The lowest BCUT2D eigenvalue weighted by atomic mass is 10.2. The van der Waals surface area contributed by atoms with Gasteiger partial charge in [-0.25, -0.2) is 0 Å². The zero-order valence-electron chi connectivity index (χ0n) is 8.61. The van der Waals surface area contributed by atoms with E-state index in [1.54, 1.807) is 24.3 Å². The van der Waals surface area contributed by atoms with E-state index < -0.39 is 5.91 Å². The van der Waals surface area contributed by atoms with Crippen LogP contribution >= 0.6 is 0 Å². The summed E-state index contributed by atoms with van der Waals surface area (Å²) in [7, 11) is 0. The smallest absolute Gasteiger partial charge is 0.241 e. The summed E-state index contributed by atoms with van der Waals surface area (Å²) >= 11 is 0. The zero-order valence-corrected chi connectivity index (χ0v) is 8.61. The van der Waals surface area contributed by atoms with Gasteiger partial charge in [-0.15, -0.1) is 0 Å². The van der Waals surface area contributed by atoms with Crippen LogP contribution in [0.5, 0.6) is 0 Å². The standard InChI is InChI=1S/C10H14N2O3/c1-7(13)11-8-5-3-4-6-9(8)12-10(2,14)15/h3-6,12,14-15H,1-2H3,(H,11,13). The molecular weight excluding hydrogens is 196 g/mol. The Hall–Kier alpha value is -1.59. The first-order valence-corrected chi connectivity index (χ1v) is 4.48. The third-order valence-electron chi connectivity index (χ3n) is 1.61. The van der Waals surface area contributed by atoms with Crippen LogP contribution in [0.1, 0.15) is 13.8 Å². The molecule has 1 amide bonds. The van der Waals surface area contributed by atoms with Crippen molar-refractivity contribution in [3.8, 4) is 0 Å². The van der Waals surface area contributed by atoms with E-state index in [2.05, 4.69) is 10.6 Å². The fourth-order valence-electron chi connectivity index (χ4n) is 1.15. The van der Waals surface area contributed by atoms with Crippen molar-refractivity contribution in [3.05, 3.63) is 24.3 Å². The molecular formula is C10H14N2O3. The predicted molar refractivity (Wildman–Crippen MR) is 57.2 cm³/mol. The van der Waals surface area contributed by atoms with Gasteiger partial charge in [-0.3, -0.25) is 4.79 Å². The highest BCUT2D eigenvalue weighted by molar-refractivity contribution is 5.92.